The van der Waals surface area contributed by atoms with Gasteiger partial charge in [-0.15, -0.1) is 0 Å². The summed E-state index contributed by atoms with van der Waals surface area (Å²) in [5.41, 5.74) is 2.91. The van der Waals surface area contributed by atoms with Crippen LogP contribution in [0.4, 0.5) is 5.95 Å². The Hall–Kier alpha value is -2.95. The Morgan fingerprint density at radius 2 is 1.95 bits per heavy atom. The average molecular weight is 279 g/mol. The van der Waals surface area contributed by atoms with Crippen molar-refractivity contribution in [1.82, 2.24) is 9.97 Å². The Morgan fingerprint density at radius 3 is 2.71 bits per heavy atom. The third-order valence-electron chi connectivity index (χ3n) is 3.25. The molecule has 2 N–H and O–H groups in total. The Morgan fingerprint density at radius 1 is 1.14 bits per heavy atom. The van der Waals surface area contributed by atoms with Gasteiger partial charge in [-0.3, -0.25) is 0 Å². The number of nitrogens with one attached hydrogen (secondary N) is 1. The zero-order chi connectivity index (χ0) is 14.8. The van der Waals surface area contributed by atoms with Crippen molar-refractivity contribution in [3.8, 4) is 11.1 Å². The number of aromatic nitrogens is 2. The molecule has 3 rings (SSSR count). The number of benzene rings is 2. The monoisotopic (exact) mass is 279 g/mol. The SMILES string of the molecule is CNc1ncc2cc(-c3cccc(C(=O)O)c3)ccc2n1. The van der Waals surface area contributed by atoms with E-state index in [1.807, 2.05) is 24.3 Å². The molecule has 5 heteroatoms. The quantitative estimate of drug-likeness (QED) is 0.770. The van der Waals surface area contributed by atoms with Crippen LogP contribution in [0, 0.1) is 0 Å². The normalized spacial score (nSPS) is 10.5. The van der Waals surface area contributed by atoms with Crippen LogP contribution in [0.25, 0.3) is 22.0 Å². The first-order valence-electron chi connectivity index (χ1n) is 6.45. The van der Waals surface area contributed by atoms with Crippen LogP contribution in [0.15, 0.2) is 48.7 Å². The van der Waals surface area contributed by atoms with E-state index in [0.717, 1.165) is 22.0 Å². The summed E-state index contributed by atoms with van der Waals surface area (Å²) in [7, 11) is 1.77. The summed E-state index contributed by atoms with van der Waals surface area (Å²) in [4.78, 5) is 19.6. The van der Waals surface area contributed by atoms with Gasteiger partial charge < -0.3 is 10.4 Å². The first kappa shape index (κ1) is 13.1. The molecule has 0 aliphatic heterocycles. The molecule has 0 amide bonds. The maximum Gasteiger partial charge on any atom is 0.335 e. The molecule has 21 heavy (non-hydrogen) atoms. The number of anilines is 1. The number of rotatable bonds is 3. The van der Waals surface area contributed by atoms with Crippen molar-refractivity contribution in [2.45, 2.75) is 0 Å². The standard InChI is InChI=1S/C16H13N3O2/c1-17-16-18-9-13-8-11(5-6-14(13)19-16)10-3-2-4-12(7-10)15(20)21/h2-9H,1H3,(H,20,21)(H,17,18,19). The Bertz CT molecular complexity index is 831. The lowest BCUT2D eigenvalue weighted by molar-refractivity contribution is 0.0697. The van der Waals surface area contributed by atoms with Gasteiger partial charge in [0.05, 0.1) is 11.1 Å². The number of fused-ring (bicyclic) bond motifs is 1. The second-order valence-corrected chi connectivity index (χ2v) is 4.60. The minimum absolute atomic E-state index is 0.273. The van der Waals surface area contributed by atoms with Crippen LogP contribution in [-0.4, -0.2) is 28.1 Å². The lowest BCUT2D eigenvalue weighted by Crippen LogP contribution is -1.96. The van der Waals surface area contributed by atoms with Crippen LogP contribution < -0.4 is 5.32 Å². The predicted octanol–water partition coefficient (Wildman–Crippen LogP) is 3.04. The number of aromatic carboxylic acids is 1. The molecule has 0 radical (unpaired) electrons. The van der Waals surface area contributed by atoms with Crippen molar-refractivity contribution in [1.29, 1.82) is 0 Å². The molecule has 0 saturated heterocycles. The maximum atomic E-state index is 11.0. The third kappa shape index (κ3) is 2.53. The van der Waals surface area contributed by atoms with Crippen LogP contribution in [0.2, 0.25) is 0 Å². The number of hydrogen-bond donors (Lipinski definition) is 2. The summed E-state index contributed by atoms with van der Waals surface area (Å²) in [6, 6.07) is 12.6. The second-order valence-electron chi connectivity index (χ2n) is 4.60. The van der Waals surface area contributed by atoms with E-state index in [2.05, 4.69) is 15.3 Å². The Kier molecular flexibility index (Phi) is 3.23. The predicted molar refractivity (Wildman–Crippen MR) is 81.5 cm³/mol. The van der Waals surface area contributed by atoms with Crippen molar-refractivity contribution in [2.75, 3.05) is 12.4 Å². The molecule has 1 aromatic heterocycles. The number of carbonyl (C=O) groups is 1. The van der Waals surface area contributed by atoms with E-state index in [1.165, 1.54) is 0 Å². The lowest BCUT2D eigenvalue weighted by Gasteiger charge is -2.06. The molecule has 2 aromatic carbocycles. The largest absolute Gasteiger partial charge is 0.478 e. The number of carboxylic acid groups (broad SMARTS) is 1. The number of hydrogen-bond acceptors (Lipinski definition) is 4. The molecule has 0 saturated carbocycles. The van der Waals surface area contributed by atoms with Gasteiger partial charge in [0.2, 0.25) is 5.95 Å². The topological polar surface area (TPSA) is 75.1 Å². The zero-order valence-corrected chi connectivity index (χ0v) is 11.4. The highest BCUT2D eigenvalue weighted by Crippen LogP contribution is 2.24. The van der Waals surface area contributed by atoms with Gasteiger partial charge in [-0.1, -0.05) is 18.2 Å². The van der Waals surface area contributed by atoms with Crippen molar-refractivity contribution >= 4 is 22.8 Å². The van der Waals surface area contributed by atoms with Gasteiger partial charge in [0, 0.05) is 18.6 Å². The van der Waals surface area contributed by atoms with E-state index in [1.54, 1.807) is 31.4 Å². The summed E-state index contributed by atoms with van der Waals surface area (Å²) < 4.78 is 0. The highest BCUT2D eigenvalue weighted by molar-refractivity contribution is 5.90. The van der Waals surface area contributed by atoms with E-state index < -0.39 is 5.97 Å². The summed E-state index contributed by atoms with van der Waals surface area (Å²) >= 11 is 0. The average Bonchev–Trinajstić information content (AvgIpc) is 2.54. The van der Waals surface area contributed by atoms with E-state index in [9.17, 15) is 4.79 Å². The lowest BCUT2D eigenvalue weighted by atomic mass is 10.0. The minimum Gasteiger partial charge on any atom is -0.478 e. The molecule has 0 bridgehead atoms. The molecule has 1 heterocycles. The molecule has 104 valence electrons. The fourth-order valence-electron chi connectivity index (χ4n) is 2.17. The second kappa shape index (κ2) is 5.20. The van der Waals surface area contributed by atoms with Gasteiger partial charge in [0.25, 0.3) is 0 Å². The molecule has 0 spiro atoms. The van der Waals surface area contributed by atoms with Crippen LogP contribution in [0.3, 0.4) is 0 Å². The van der Waals surface area contributed by atoms with Crippen molar-refractivity contribution in [3.63, 3.8) is 0 Å². The molecule has 5 nitrogen and oxygen atoms in total. The summed E-state index contributed by atoms with van der Waals surface area (Å²) in [6.45, 7) is 0. The van der Waals surface area contributed by atoms with Crippen molar-refractivity contribution in [3.05, 3.63) is 54.2 Å². The fourth-order valence-corrected chi connectivity index (χ4v) is 2.17. The van der Waals surface area contributed by atoms with Gasteiger partial charge in [0.1, 0.15) is 0 Å². The van der Waals surface area contributed by atoms with Gasteiger partial charge in [-0.2, -0.15) is 0 Å². The Labute approximate surface area is 121 Å². The smallest absolute Gasteiger partial charge is 0.335 e. The molecule has 0 aliphatic carbocycles. The van der Waals surface area contributed by atoms with Gasteiger partial charge in [-0.25, -0.2) is 14.8 Å². The fraction of sp³-hybridized carbons (Fsp3) is 0.0625. The number of carboxylic acids is 1. The molecule has 3 aromatic rings. The van der Waals surface area contributed by atoms with Crippen LogP contribution in [0.1, 0.15) is 10.4 Å². The van der Waals surface area contributed by atoms with Gasteiger partial charge in [-0.05, 0) is 35.4 Å². The molecular formula is C16H13N3O2. The van der Waals surface area contributed by atoms with E-state index in [0.29, 0.717) is 5.95 Å². The maximum absolute atomic E-state index is 11.0. The van der Waals surface area contributed by atoms with Crippen LogP contribution >= 0.6 is 0 Å². The van der Waals surface area contributed by atoms with Crippen molar-refractivity contribution < 1.29 is 9.90 Å². The highest BCUT2D eigenvalue weighted by atomic mass is 16.4. The molecule has 0 fully saturated rings. The minimum atomic E-state index is -0.931. The molecule has 0 unspecified atom stereocenters. The van der Waals surface area contributed by atoms with Gasteiger partial charge in [0.15, 0.2) is 0 Å². The first-order valence-corrected chi connectivity index (χ1v) is 6.45. The first-order chi connectivity index (χ1) is 10.2. The molecular weight excluding hydrogens is 266 g/mol. The van der Waals surface area contributed by atoms with Crippen molar-refractivity contribution in [2.24, 2.45) is 0 Å². The Balaban J connectivity index is 2.08. The van der Waals surface area contributed by atoms with Gasteiger partial charge >= 0.3 is 5.97 Å². The van der Waals surface area contributed by atoms with E-state index in [4.69, 9.17) is 5.11 Å². The number of nitrogens with zero attached hydrogens (tertiary/aromatic N) is 2. The summed E-state index contributed by atoms with van der Waals surface area (Å²) in [5, 5.41) is 12.9. The van der Waals surface area contributed by atoms with E-state index >= 15 is 0 Å². The summed E-state index contributed by atoms with van der Waals surface area (Å²) in [5.74, 6) is -0.359. The van der Waals surface area contributed by atoms with Crippen LogP contribution in [-0.2, 0) is 0 Å². The third-order valence-corrected chi connectivity index (χ3v) is 3.25. The summed E-state index contributed by atoms with van der Waals surface area (Å²) in [6.07, 6.45) is 1.75. The van der Waals surface area contributed by atoms with E-state index in [-0.39, 0.29) is 5.56 Å². The zero-order valence-electron chi connectivity index (χ0n) is 11.4. The highest BCUT2D eigenvalue weighted by Gasteiger charge is 2.06. The van der Waals surface area contributed by atoms with Crippen LogP contribution in [0.5, 0.6) is 0 Å². The molecule has 0 aliphatic rings. The molecule has 0 atom stereocenters.